The molecule has 19 heavy (non-hydrogen) atoms. The van der Waals surface area contributed by atoms with Crippen LogP contribution in [0, 0.1) is 0 Å². The van der Waals surface area contributed by atoms with Crippen LogP contribution >= 0.6 is 11.3 Å². The molecule has 0 saturated carbocycles. The SMILES string of the molecule is Nc1nc2sccn2c1S(=O)(=O)NN1CCCCC1. The van der Waals surface area contributed by atoms with Gasteiger partial charge in [-0.1, -0.05) is 6.42 Å². The fraction of sp³-hybridized carbons (Fsp3) is 0.500. The zero-order chi connectivity index (χ0) is 13.5. The van der Waals surface area contributed by atoms with Gasteiger partial charge in [0.15, 0.2) is 10.8 Å². The minimum atomic E-state index is -3.69. The van der Waals surface area contributed by atoms with Gasteiger partial charge in [0.05, 0.1) is 0 Å². The summed E-state index contributed by atoms with van der Waals surface area (Å²) in [5.41, 5.74) is 5.73. The normalized spacial score (nSPS) is 18.1. The number of nitrogen functional groups attached to an aromatic ring is 1. The highest BCUT2D eigenvalue weighted by molar-refractivity contribution is 7.89. The average Bonchev–Trinajstić information content (AvgIpc) is 2.88. The number of nitrogens with zero attached hydrogens (tertiary/aromatic N) is 3. The van der Waals surface area contributed by atoms with Gasteiger partial charge in [0.1, 0.15) is 0 Å². The maximum absolute atomic E-state index is 12.4. The Balaban J connectivity index is 1.94. The lowest BCUT2D eigenvalue weighted by molar-refractivity contribution is 0.199. The maximum Gasteiger partial charge on any atom is 0.273 e. The van der Waals surface area contributed by atoms with Crippen LogP contribution in [-0.4, -0.2) is 35.9 Å². The molecule has 0 amide bonds. The highest BCUT2D eigenvalue weighted by Crippen LogP contribution is 2.23. The maximum atomic E-state index is 12.4. The molecule has 3 N–H and O–H groups in total. The van der Waals surface area contributed by atoms with E-state index >= 15 is 0 Å². The largest absolute Gasteiger partial charge is 0.381 e. The zero-order valence-corrected chi connectivity index (χ0v) is 11.9. The van der Waals surface area contributed by atoms with E-state index in [1.807, 2.05) is 0 Å². The molecule has 1 aliphatic rings. The van der Waals surface area contributed by atoms with E-state index in [0.29, 0.717) is 4.96 Å². The Kier molecular flexibility index (Phi) is 3.21. The summed E-state index contributed by atoms with van der Waals surface area (Å²) in [6.07, 6.45) is 4.80. The molecular weight excluding hydrogens is 286 g/mol. The van der Waals surface area contributed by atoms with Crippen LogP contribution in [0.25, 0.3) is 4.96 Å². The topological polar surface area (TPSA) is 92.7 Å². The number of nitrogens with one attached hydrogen (secondary N) is 1. The van der Waals surface area contributed by atoms with Crippen LogP contribution in [0.4, 0.5) is 5.82 Å². The minimum absolute atomic E-state index is 0.0225. The summed E-state index contributed by atoms with van der Waals surface area (Å²) in [4.78, 5) is 7.22. The third kappa shape index (κ3) is 2.34. The Morgan fingerprint density at radius 1 is 1.32 bits per heavy atom. The van der Waals surface area contributed by atoms with Crippen molar-refractivity contribution in [2.45, 2.75) is 24.3 Å². The van der Waals surface area contributed by atoms with Crippen molar-refractivity contribution in [2.75, 3.05) is 18.8 Å². The molecule has 3 heterocycles. The molecule has 0 aromatic carbocycles. The molecule has 0 spiro atoms. The van der Waals surface area contributed by atoms with Crippen molar-refractivity contribution in [2.24, 2.45) is 0 Å². The van der Waals surface area contributed by atoms with Crippen LogP contribution in [0.15, 0.2) is 16.6 Å². The Morgan fingerprint density at radius 2 is 2.05 bits per heavy atom. The second-order valence-corrected chi connectivity index (χ2v) is 6.95. The first-order chi connectivity index (χ1) is 9.08. The lowest BCUT2D eigenvalue weighted by atomic mass is 10.2. The molecule has 1 fully saturated rings. The summed E-state index contributed by atoms with van der Waals surface area (Å²) in [6, 6.07) is 0. The first kappa shape index (κ1) is 12.9. The van der Waals surface area contributed by atoms with Gasteiger partial charge in [-0.15, -0.1) is 16.2 Å². The van der Waals surface area contributed by atoms with E-state index in [9.17, 15) is 8.42 Å². The van der Waals surface area contributed by atoms with Gasteiger partial charge in [0.25, 0.3) is 10.0 Å². The van der Waals surface area contributed by atoms with Gasteiger partial charge in [0, 0.05) is 24.7 Å². The number of rotatable bonds is 3. The molecule has 104 valence electrons. The smallest absolute Gasteiger partial charge is 0.273 e. The fourth-order valence-corrected chi connectivity index (χ4v) is 4.36. The van der Waals surface area contributed by atoms with Crippen LogP contribution in [0.5, 0.6) is 0 Å². The van der Waals surface area contributed by atoms with Gasteiger partial charge in [0.2, 0.25) is 5.03 Å². The predicted octanol–water partition coefficient (Wildman–Crippen LogP) is 0.657. The van der Waals surface area contributed by atoms with E-state index in [-0.39, 0.29) is 10.8 Å². The van der Waals surface area contributed by atoms with E-state index in [2.05, 4.69) is 9.82 Å². The summed E-state index contributed by atoms with van der Waals surface area (Å²) in [5.74, 6) is 0.0383. The summed E-state index contributed by atoms with van der Waals surface area (Å²) in [5, 5.41) is 3.53. The quantitative estimate of drug-likeness (QED) is 0.868. The summed E-state index contributed by atoms with van der Waals surface area (Å²) >= 11 is 1.35. The third-order valence-electron chi connectivity index (χ3n) is 3.10. The van der Waals surface area contributed by atoms with Gasteiger partial charge < -0.3 is 5.73 Å². The third-order valence-corrected chi connectivity index (χ3v) is 5.27. The van der Waals surface area contributed by atoms with Gasteiger partial charge in [-0.3, -0.25) is 4.40 Å². The zero-order valence-electron chi connectivity index (χ0n) is 10.2. The lowest BCUT2D eigenvalue weighted by Crippen LogP contribution is -2.45. The first-order valence-electron chi connectivity index (χ1n) is 6.06. The van der Waals surface area contributed by atoms with Crippen molar-refractivity contribution in [1.82, 2.24) is 19.2 Å². The standard InChI is InChI=1S/C10H15N5O2S2/c11-8-9(15-6-7-18-10(15)12-8)19(16,17)13-14-4-2-1-3-5-14/h6-7,13H,1-5,11H2. The van der Waals surface area contributed by atoms with Gasteiger partial charge in [-0.2, -0.15) is 0 Å². The van der Waals surface area contributed by atoms with Crippen molar-refractivity contribution in [3.05, 3.63) is 11.6 Å². The molecule has 0 bridgehead atoms. The monoisotopic (exact) mass is 301 g/mol. The second-order valence-electron chi connectivity index (χ2n) is 4.50. The summed E-state index contributed by atoms with van der Waals surface area (Å²) in [6.45, 7) is 1.45. The average molecular weight is 301 g/mol. The van der Waals surface area contributed by atoms with Crippen molar-refractivity contribution in [3.8, 4) is 0 Å². The Labute approximate surface area is 115 Å². The number of nitrogens with two attached hydrogens (primary N) is 1. The van der Waals surface area contributed by atoms with Crippen LogP contribution in [0.2, 0.25) is 0 Å². The number of thiazole rings is 1. The first-order valence-corrected chi connectivity index (χ1v) is 8.42. The highest BCUT2D eigenvalue weighted by Gasteiger charge is 2.27. The molecular formula is C10H15N5O2S2. The van der Waals surface area contributed by atoms with Crippen LogP contribution in [-0.2, 0) is 10.0 Å². The summed E-state index contributed by atoms with van der Waals surface area (Å²) in [7, 11) is -3.69. The number of piperidine rings is 1. The molecule has 0 atom stereocenters. The van der Waals surface area contributed by atoms with E-state index in [1.165, 1.54) is 15.7 Å². The van der Waals surface area contributed by atoms with Gasteiger partial charge >= 0.3 is 0 Å². The molecule has 2 aromatic rings. The van der Waals surface area contributed by atoms with Crippen molar-refractivity contribution >= 4 is 32.1 Å². The van der Waals surface area contributed by atoms with E-state index in [4.69, 9.17) is 5.73 Å². The predicted molar refractivity (Wildman–Crippen MR) is 73.2 cm³/mol. The number of anilines is 1. The molecule has 1 aliphatic heterocycles. The Hall–Kier alpha value is -1.16. The molecule has 0 aliphatic carbocycles. The number of imidazole rings is 1. The minimum Gasteiger partial charge on any atom is -0.381 e. The van der Waals surface area contributed by atoms with Crippen molar-refractivity contribution in [1.29, 1.82) is 0 Å². The van der Waals surface area contributed by atoms with Crippen LogP contribution in [0.1, 0.15) is 19.3 Å². The Bertz CT molecular complexity index is 684. The van der Waals surface area contributed by atoms with Crippen LogP contribution < -0.4 is 10.6 Å². The molecule has 3 rings (SSSR count). The van der Waals surface area contributed by atoms with Crippen LogP contribution in [0.3, 0.4) is 0 Å². The number of sulfonamides is 1. The number of hydrogen-bond acceptors (Lipinski definition) is 6. The molecule has 1 saturated heterocycles. The van der Waals surface area contributed by atoms with E-state index in [0.717, 1.165) is 32.4 Å². The highest BCUT2D eigenvalue weighted by atomic mass is 32.2. The Morgan fingerprint density at radius 3 is 2.79 bits per heavy atom. The molecule has 2 aromatic heterocycles. The van der Waals surface area contributed by atoms with Gasteiger partial charge in [-0.05, 0) is 12.8 Å². The van der Waals surface area contributed by atoms with Gasteiger partial charge in [-0.25, -0.2) is 18.4 Å². The van der Waals surface area contributed by atoms with Crippen molar-refractivity contribution in [3.63, 3.8) is 0 Å². The number of aromatic nitrogens is 2. The lowest BCUT2D eigenvalue weighted by Gasteiger charge is -2.26. The fourth-order valence-electron chi connectivity index (χ4n) is 2.25. The molecule has 0 unspecified atom stereocenters. The number of fused-ring (bicyclic) bond motifs is 1. The van der Waals surface area contributed by atoms with E-state index in [1.54, 1.807) is 16.6 Å². The van der Waals surface area contributed by atoms with E-state index < -0.39 is 10.0 Å². The summed E-state index contributed by atoms with van der Waals surface area (Å²) < 4.78 is 26.3. The molecule has 7 nitrogen and oxygen atoms in total. The van der Waals surface area contributed by atoms with Crippen molar-refractivity contribution < 1.29 is 8.42 Å². The molecule has 0 radical (unpaired) electrons. The molecule has 9 heteroatoms. The number of hydrogen-bond donors (Lipinski definition) is 2. The second kappa shape index (κ2) is 4.75. The number of hydrazine groups is 1.